The molecule has 0 saturated heterocycles. The number of carbonyl (C=O) groups excluding carboxylic acids is 1. The van der Waals surface area contributed by atoms with E-state index in [9.17, 15) is 4.79 Å². The van der Waals surface area contributed by atoms with Gasteiger partial charge in [0.05, 0.1) is 0 Å². The van der Waals surface area contributed by atoms with E-state index in [1.807, 2.05) is 0 Å². The number of hydrogen-bond acceptors (Lipinski definition) is 3. The maximum atomic E-state index is 9.71. The molecule has 0 spiro atoms. The molecule has 48 valence electrons. The van der Waals surface area contributed by atoms with Gasteiger partial charge in [-0.2, -0.15) is 0 Å². The number of hydrogen-bond donors (Lipinski definition) is 2. The average Bonchev–Trinajstić information content (AvgIpc) is 1.83. The lowest BCUT2D eigenvalue weighted by atomic mass is 10.1. The highest BCUT2D eigenvalue weighted by molar-refractivity contribution is 5.49. The van der Waals surface area contributed by atoms with Crippen LogP contribution in [-0.2, 0) is 4.79 Å². The average molecular weight is 118 g/mol. The molecule has 0 aliphatic heterocycles. The molecule has 0 amide bonds. The largest absolute Gasteiger partial charge is 0.396 e. The Hall–Kier alpha value is -0.410. The molecule has 0 aromatic carbocycles. The third-order valence-electron chi connectivity index (χ3n) is 0.946. The van der Waals surface area contributed by atoms with Crippen LogP contribution in [0.15, 0.2) is 0 Å². The molecule has 3 heteroatoms. The highest BCUT2D eigenvalue weighted by Crippen LogP contribution is 1.95. The molecule has 0 bridgehead atoms. The topological polar surface area (TPSA) is 57.5 Å². The molecule has 0 unspecified atom stereocenters. The lowest BCUT2D eigenvalue weighted by molar-refractivity contribution is -0.109. The summed E-state index contributed by atoms with van der Waals surface area (Å²) in [5.74, 6) is -0.257. The summed E-state index contributed by atoms with van der Waals surface area (Å²) in [5, 5.41) is 16.7. The molecule has 8 heavy (non-hydrogen) atoms. The Morgan fingerprint density at radius 1 is 1.38 bits per heavy atom. The minimum atomic E-state index is -0.257. The van der Waals surface area contributed by atoms with Gasteiger partial charge in [0, 0.05) is 25.6 Å². The Balaban J connectivity index is 3.20. The molecule has 0 aliphatic rings. The molecule has 0 aromatic rings. The van der Waals surface area contributed by atoms with E-state index in [0.29, 0.717) is 6.29 Å². The van der Waals surface area contributed by atoms with E-state index in [-0.39, 0.29) is 25.6 Å². The number of aliphatic hydroxyl groups is 2. The van der Waals surface area contributed by atoms with Crippen molar-refractivity contribution in [3.8, 4) is 0 Å². The first-order valence-electron chi connectivity index (χ1n) is 2.50. The van der Waals surface area contributed by atoms with E-state index >= 15 is 0 Å². The van der Waals surface area contributed by atoms with E-state index in [4.69, 9.17) is 10.2 Å². The molecule has 0 fully saturated rings. The lowest BCUT2D eigenvalue weighted by Gasteiger charge is -2.02. The van der Waals surface area contributed by atoms with E-state index in [2.05, 4.69) is 0 Å². The third-order valence-corrected chi connectivity index (χ3v) is 0.946. The monoisotopic (exact) mass is 118 g/mol. The predicted octanol–water partition coefficient (Wildman–Crippen LogP) is -0.824. The quantitative estimate of drug-likeness (QED) is 0.474. The first kappa shape index (κ1) is 7.59. The van der Waals surface area contributed by atoms with Crippen LogP contribution in [0.5, 0.6) is 0 Å². The second-order valence-electron chi connectivity index (χ2n) is 1.63. The number of carbonyl (C=O) groups is 1. The Labute approximate surface area is 47.9 Å². The minimum Gasteiger partial charge on any atom is -0.396 e. The van der Waals surface area contributed by atoms with Crippen molar-refractivity contribution in [3.63, 3.8) is 0 Å². The van der Waals surface area contributed by atoms with E-state index < -0.39 is 0 Å². The van der Waals surface area contributed by atoms with Crippen LogP contribution in [0, 0.1) is 5.92 Å². The molecular weight excluding hydrogens is 108 g/mol. The van der Waals surface area contributed by atoms with Crippen molar-refractivity contribution in [2.75, 3.05) is 13.2 Å². The van der Waals surface area contributed by atoms with Crippen LogP contribution < -0.4 is 0 Å². The van der Waals surface area contributed by atoms with Crippen LogP contribution in [0.2, 0.25) is 0 Å². The molecule has 0 atom stereocenters. The first-order valence-corrected chi connectivity index (χ1v) is 2.50. The van der Waals surface area contributed by atoms with Crippen molar-refractivity contribution >= 4 is 6.29 Å². The van der Waals surface area contributed by atoms with Gasteiger partial charge in [-0.3, -0.25) is 0 Å². The fourth-order valence-electron chi connectivity index (χ4n) is 0.343. The van der Waals surface area contributed by atoms with Crippen molar-refractivity contribution < 1.29 is 15.0 Å². The zero-order valence-corrected chi connectivity index (χ0v) is 4.58. The molecule has 0 saturated carbocycles. The number of aliphatic hydroxyl groups excluding tert-OH is 2. The standard InChI is InChI=1S/C5H10O3/c6-2-1-5(3-7)4-8/h2,5,7-8H,1,3-4H2. The molecule has 2 N–H and O–H groups in total. The Morgan fingerprint density at radius 2 is 1.88 bits per heavy atom. The van der Waals surface area contributed by atoms with Crippen LogP contribution in [-0.4, -0.2) is 29.7 Å². The van der Waals surface area contributed by atoms with Crippen molar-refractivity contribution in [1.82, 2.24) is 0 Å². The van der Waals surface area contributed by atoms with Gasteiger partial charge in [0.25, 0.3) is 0 Å². The summed E-state index contributed by atoms with van der Waals surface area (Å²) < 4.78 is 0. The highest BCUT2D eigenvalue weighted by atomic mass is 16.3. The molecule has 3 nitrogen and oxygen atoms in total. The number of aldehydes is 1. The molecule has 0 heterocycles. The van der Waals surface area contributed by atoms with Gasteiger partial charge in [0.15, 0.2) is 0 Å². The van der Waals surface area contributed by atoms with Crippen LogP contribution in [0.1, 0.15) is 6.42 Å². The summed E-state index contributed by atoms with van der Waals surface area (Å²) in [6, 6.07) is 0. The summed E-state index contributed by atoms with van der Waals surface area (Å²) >= 11 is 0. The van der Waals surface area contributed by atoms with Gasteiger partial charge in [-0.25, -0.2) is 0 Å². The van der Waals surface area contributed by atoms with E-state index in [1.54, 1.807) is 0 Å². The van der Waals surface area contributed by atoms with Gasteiger partial charge >= 0.3 is 0 Å². The zero-order valence-electron chi connectivity index (χ0n) is 4.58. The summed E-state index contributed by atoms with van der Waals surface area (Å²) in [6.45, 7) is -0.232. The predicted molar refractivity (Wildman–Crippen MR) is 28.3 cm³/mol. The first-order chi connectivity index (χ1) is 3.85. The summed E-state index contributed by atoms with van der Waals surface area (Å²) in [5.41, 5.74) is 0. The molecule has 0 aliphatic carbocycles. The molecule has 0 aromatic heterocycles. The van der Waals surface area contributed by atoms with Crippen LogP contribution in [0.3, 0.4) is 0 Å². The maximum absolute atomic E-state index is 9.71. The maximum Gasteiger partial charge on any atom is 0.120 e. The summed E-state index contributed by atoms with van der Waals surface area (Å²) in [6.07, 6.45) is 0.935. The van der Waals surface area contributed by atoms with Crippen molar-refractivity contribution in [3.05, 3.63) is 0 Å². The smallest absolute Gasteiger partial charge is 0.120 e. The summed E-state index contributed by atoms with van der Waals surface area (Å²) in [7, 11) is 0. The van der Waals surface area contributed by atoms with Gasteiger partial charge < -0.3 is 15.0 Å². The van der Waals surface area contributed by atoms with Gasteiger partial charge in [-0.1, -0.05) is 0 Å². The Bertz CT molecular complexity index is 58.7. The van der Waals surface area contributed by atoms with Crippen molar-refractivity contribution in [1.29, 1.82) is 0 Å². The van der Waals surface area contributed by atoms with Gasteiger partial charge in [0.2, 0.25) is 0 Å². The van der Waals surface area contributed by atoms with Crippen LogP contribution >= 0.6 is 0 Å². The second-order valence-corrected chi connectivity index (χ2v) is 1.63. The lowest BCUT2D eigenvalue weighted by Crippen LogP contribution is -2.10. The summed E-state index contributed by atoms with van der Waals surface area (Å²) in [4.78, 5) is 9.71. The van der Waals surface area contributed by atoms with Gasteiger partial charge in [-0.15, -0.1) is 0 Å². The molecule has 0 radical (unpaired) electrons. The number of rotatable bonds is 4. The van der Waals surface area contributed by atoms with Crippen molar-refractivity contribution in [2.24, 2.45) is 5.92 Å². The second kappa shape index (κ2) is 4.74. The molecular formula is C5H10O3. The van der Waals surface area contributed by atoms with E-state index in [1.165, 1.54) is 0 Å². The van der Waals surface area contributed by atoms with Gasteiger partial charge in [0.1, 0.15) is 6.29 Å². The third kappa shape index (κ3) is 2.71. The SMILES string of the molecule is O=CCC(CO)CO. The molecule has 0 rings (SSSR count). The normalized spacial score (nSPS) is 9.88. The fourth-order valence-corrected chi connectivity index (χ4v) is 0.343. The van der Waals surface area contributed by atoms with Crippen molar-refractivity contribution in [2.45, 2.75) is 6.42 Å². The minimum absolute atomic E-state index is 0.116. The Kier molecular flexibility index (Phi) is 4.50. The van der Waals surface area contributed by atoms with Crippen LogP contribution in [0.4, 0.5) is 0 Å². The Morgan fingerprint density at radius 3 is 2.00 bits per heavy atom. The zero-order chi connectivity index (χ0) is 6.41. The van der Waals surface area contributed by atoms with E-state index in [0.717, 1.165) is 0 Å². The fraction of sp³-hybridized carbons (Fsp3) is 0.800. The van der Waals surface area contributed by atoms with Gasteiger partial charge in [-0.05, 0) is 0 Å². The highest BCUT2D eigenvalue weighted by Gasteiger charge is 2.02. The van der Waals surface area contributed by atoms with Crippen LogP contribution in [0.25, 0.3) is 0 Å².